The van der Waals surface area contributed by atoms with Crippen LogP contribution >= 0.6 is 0 Å². The number of ether oxygens (including phenoxy) is 2. The van der Waals surface area contributed by atoms with Gasteiger partial charge in [0.05, 0.1) is 24.2 Å². The summed E-state index contributed by atoms with van der Waals surface area (Å²) in [6.07, 6.45) is 0.922. The number of aliphatic hydroxyl groups is 1. The van der Waals surface area contributed by atoms with Gasteiger partial charge in [0.15, 0.2) is 0 Å². The fourth-order valence-electron chi connectivity index (χ4n) is 2.83. The van der Waals surface area contributed by atoms with Crippen molar-refractivity contribution in [2.75, 3.05) is 13.2 Å². The molecule has 0 spiro atoms. The zero-order valence-corrected chi connectivity index (χ0v) is 13.0. The summed E-state index contributed by atoms with van der Waals surface area (Å²) in [6.45, 7) is 6.83. The van der Waals surface area contributed by atoms with Crippen LogP contribution in [0.25, 0.3) is 0 Å². The molecule has 1 saturated carbocycles. The number of hydrogen-bond acceptors (Lipinski definition) is 4. The van der Waals surface area contributed by atoms with Crippen molar-refractivity contribution >= 4 is 5.97 Å². The molecule has 1 aliphatic carbocycles. The van der Waals surface area contributed by atoms with Gasteiger partial charge in [0.2, 0.25) is 0 Å². The molecule has 1 N–H and O–H groups in total. The van der Waals surface area contributed by atoms with Crippen LogP contribution in [0.1, 0.15) is 50.8 Å². The first-order valence-electron chi connectivity index (χ1n) is 7.61. The fourth-order valence-corrected chi connectivity index (χ4v) is 2.83. The fraction of sp³-hybridized carbons (Fsp3) is 0.588. The topological polar surface area (TPSA) is 55.8 Å². The van der Waals surface area contributed by atoms with Gasteiger partial charge in [-0.3, -0.25) is 4.79 Å². The van der Waals surface area contributed by atoms with Gasteiger partial charge in [-0.1, -0.05) is 24.3 Å². The molecule has 0 saturated heterocycles. The summed E-state index contributed by atoms with van der Waals surface area (Å²) in [5.74, 6) is -0.388. The molecule has 0 amide bonds. The van der Waals surface area contributed by atoms with Crippen molar-refractivity contribution in [3.63, 3.8) is 0 Å². The summed E-state index contributed by atoms with van der Waals surface area (Å²) in [6, 6.07) is 7.80. The van der Waals surface area contributed by atoms with Crippen molar-refractivity contribution in [1.29, 1.82) is 0 Å². The maximum Gasteiger partial charge on any atom is 0.309 e. The Morgan fingerprint density at radius 1 is 1.29 bits per heavy atom. The highest BCUT2D eigenvalue weighted by molar-refractivity contribution is 5.74. The molecule has 0 bridgehead atoms. The minimum absolute atomic E-state index is 0.0485. The summed E-state index contributed by atoms with van der Waals surface area (Å²) in [5.41, 5.74) is 1.05. The lowest BCUT2D eigenvalue weighted by atomic mass is 9.67. The summed E-state index contributed by atoms with van der Waals surface area (Å²) in [4.78, 5) is 11.6. The molecule has 1 aromatic rings. The molecule has 1 atom stereocenters. The highest BCUT2D eigenvalue weighted by atomic mass is 16.5. The summed E-state index contributed by atoms with van der Waals surface area (Å²) < 4.78 is 10.5. The zero-order chi connectivity index (χ0) is 15.5. The van der Waals surface area contributed by atoms with Gasteiger partial charge in [0.25, 0.3) is 0 Å². The third-order valence-electron chi connectivity index (χ3n) is 4.12. The Morgan fingerprint density at radius 2 is 1.90 bits per heavy atom. The van der Waals surface area contributed by atoms with E-state index >= 15 is 0 Å². The van der Waals surface area contributed by atoms with Crippen LogP contribution in [0.2, 0.25) is 0 Å². The van der Waals surface area contributed by atoms with Crippen LogP contribution in [-0.2, 0) is 19.9 Å². The van der Waals surface area contributed by atoms with E-state index in [1.807, 2.05) is 38.1 Å². The lowest BCUT2D eigenvalue weighted by molar-refractivity contribution is -0.165. The van der Waals surface area contributed by atoms with Gasteiger partial charge >= 0.3 is 5.97 Å². The van der Waals surface area contributed by atoms with E-state index < -0.39 is 5.60 Å². The third-order valence-corrected chi connectivity index (χ3v) is 4.12. The van der Waals surface area contributed by atoms with E-state index in [9.17, 15) is 9.90 Å². The quantitative estimate of drug-likeness (QED) is 0.819. The Morgan fingerprint density at radius 3 is 2.43 bits per heavy atom. The Kier molecular flexibility index (Phi) is 5.01. The minimum atomic E-state index is -0.898. The predicted molar refractivity (Wildman–Crippen MR) is 79.7 cm³/mol. The average Bonchev–Trinajstić information content (AvgIpc) is 2.44. The number of benzene rings is 1. The molecule has 1 fully saturated rings. The van der Waals surface area contributed by atoms with Gasteiger partial charge in [-0.2, -0.15) is 0 Å². The van der Waals surface area contributed by atoms with Crippen molar-refractivity contribution in [2.24, 2.45) is 5.92 Å². The summed E-state index contributed by atoms with van der Waals surface area (Å²) >= 11 is 0. The van der Waals surface area contributed by atoms with Gasteiger partial charge in [-0.05, 0) is 44.7 Å². The smallest absolute Gasteiger partial charge is 0.309 e. The molecule has 0 heterocycles. The number of esters is 1. The van der Waals surface area contributed by atoms with Crippen LogP contribution in [0.4, 0.5) is 0 Å². The Labute approximate surface area is 126 Å². The van der Waals surface area contributed by atoms with Gasteiger partial charge in [-0.25, -0.2) is 0 Å². The van der Waals surface area contributed by atoms with E-state index in [0.717, 1.165) is 11.1 Å². The van der Waals surface area contributed by atoms with Crippen LogP contribution in [-0.4, -0.2) is 24.3 Å². The maximum atomic E-state index is 11.6. The molecule has 1 aromatic carbocycles. The zero-order valence-electron chi connectivity index (χ0n) is 13.0. The normalized spacial score (nSPS) is 26.0. The van der Waals surface area contributed by atoms with Crippen molar-refractivity contribution in [3.05, 3.63) is 35.4 Å². The molecule has 1 aliphatic rings. The van der Waals surface area contributed by atoms with E-state index in [4.69, 9.17) is 9.47 Å². The molecular formula is C17H24O4. The van der Waals surface area contributed by atoms with Crippen molar-refractivity contribution in [2.45, 2.75) is 45.3 Å². The number of carbonyl (C=O) groups excluding carboxylic acids is 1. The second-order valence-corrected chi connectivity index (χ2v) is 5.61. The number of carbonyl (C=O) groups is 1. The molecule has 21 heavy (non-hydrogen) atoms. The standard InChI is InChI=1S/C17H24O4/c1-4-20-12(3)13-6-8-15(9-7-13)17(19)10-14(11-17)16(18)21-5-2/h6-9,12,14,19H,4-5,10-11H2,1-3H3. The molecule has 0 radical (unpaired) electrons. The SMILES string of the molecule is CCOC(=O)C1CC(O)(c2ccc(C(C)OCC)cc2)C1. The van der Waals surface area contributed by atoms with Crippen LogP contribution in [0.5, 0.6) is 0 Å². The van der Waals surface area contributed by atoms with Crippen molar-refractivity contribution < 1.29 is 19.4 Å². The van der Waals surface area contributed by atoms with Gasteiger partial charge < -0.3 is 14.6 Å². The second-order valence-electron chi connectivity index (χ2n) is 5.61. The minimum Gasteiger partial charge on any atom is -0.466 e. The van der Waals surface area contributed by atoms with Crippen LogP contribution in [0.15, 0.2) is 24.3 Å². The first kappa shape index (κ1) is 16.0. The monoisotopic (exact) mass is 292 g/mol. The average molecular weight is 292 g/mol. The van der Waals surface area contributed by atoms with Crippen molar-refractivity contribution in [3.8, 4) is 0 Å². The summed E-state index contributed by atoms with van der Waals surface area (Å²) in [5, 5.41) is 10.6. The Bertz CT molecular complexity index is 474. The third kappa shape index (κ3) is 3.44. The predicted octanol–water partition coefficient (Wildman–Crippen LogP) is 2.94. The lowest BCUT2D eigenvalue weighted by Gasteiger charge is -2.42. The van der Waals surface area contributed by atoms with Gasteiger partial charge in [0, 0.05) is 6.61 Å². The highest BCUT2D eigenvalue weighted by Gasteiger charge is 2.47. The van der Waals surface area contributed by atoms with Crippen LogP contribution < -0.4 is 0 Å². The highest BCUT2D eigenvalue weighted by Crippen LogP contribution is 2.46. The van der Waals surface area contributed by atoms with E-state index in [-0.39, 0.29) is 18.0 Å². The Balaban J connectivity index is 1.98. The van der Waals surface area contributed by atoms with Crippen LogP contribution in [0.3, 0.4) is 0 Å². The van der Waals surface area contributed by atoms with E-state index in [1.165, 1.54) is 0 Å². The molecular weight excluding hydrogens is 268 g/mol. The van der Waals surface area contributed by atoms with E-state index in [0.29, 0.717) is 26.1 Å². The molecule has 116 valence electrons. The second kappa shape index (κ2) is 6.58. The van der Waals surface area contributed by atoms with Crippen LogP contribution in [0, 0.1) is 5.92 Å². The molecule has 2 rings (SSSR count). The summed E-state index contributed by atoms with van der Waals surface area (Å²) in [7, 11) is 0. The van der Waals surface area contributed by atoms with E-state index in [2.05, 4.69) is 0 Å². The largest absolute Gasteiger partial charge is 0.466 e. The van der Waals surface area contributed by atoms with Gasteiger partial charge in [0.1, 0.15) is 0 Å². The van der Waals surface area contributed by atoms with Gasteiger partial charge in [-0.15, -0.1) is 0 Å². The molecule has 4 nitrogen and oxygen atoms in total. The first-order chi connectivity index (χ1) is 10.00. The van der Waals surface area contributed by atoms with Crippen molar-refractivity contribution in [1.82, 2.24) is 0 Å². The van der Waals surface area contributed by atoms with E-state index in [1.54, 1.807) is 6.92 Å². The number of rotatable bonds is 6. The molecule has 0 aliphatic heterocycles. The molecule has 0 aromatic heterocycles. The molecule has 4 heteroatoms. The lowest BCUT2D eigenvalue weighted by Crippen LogP contribution is -2.45. The Hall–Kier alpha value is -1.39. The molecule has 1 unspecified atom stereocenters. The first-order valence-corrected chi connectivity index (χ1v) is 7.61. The maximum absolute atomic E-state index is 11.6. The number of hydrogen-bond donors (Lipinski definition) is 1.